The van der Waals surface area contributed by atoms with Gasteiger partial charge in [0.25, 0.3) is 0 Å². The van der Waals surface area contributed by atoms with Gasteiger partial charge in [-0.05, 0) is 18.6 Å². The number of hydrogen-bond donors (Lipinski definition) is 0. The molecule has 1 atom stereocenters. The van der Waals surface area contributed by atoms with Gasteiger partial charge in [-0.3, -0.25) is 0 Å². The van der Waals surface area contributed by atoms with Crippen LogP contribution in [0, 0.1) is 5.92 Å². The van der Waals surface area contributed by atoms with Crippen molar-refractivity contribution < 1.29 is 0 Å². The molecule has 0 rings (SSSR count). The largest absolute Gasteiger partial charge is 0.301 e. The summed E-state index contributed by atoms with van der Waals surface area (Å²) < 4.78 is 0. The highest BCUT2D eigenvalue weighted by atomic mass is 14.6. The third-order valence-electron chi connectivity index (χ3n) is 1.47. The molecule has 0 N–H and O–H groups in total. The average molecular weight is 127 g/mol. The molecule has 0 aromatic heterocycles. The van der Waals surface area contributed by atoms with Gasteiger partial charge in [-0.25, -0.2) is 0 Å². The Morgan fingerprint density at radius 3 is 2.67 bits per heavy atom. The predicted molar refractivity (Wildman–Crippen MR) is 43.1 cm³/mol. The minimum Gasteiger partial charge on any atom is -0.301 e. The van der Waals surface area contributed by atoms with E-state index in [4.69, 9.17) is 0 Å². The number of aliphatic imine (C=N–C) groups is 1. The van der Waals surface area contributed by atoms with Crippen molar-refractivity contribution in [3.05, 3.63) is 0 Å². The van der Waals surface area contributed by atoms with Crippen LogP contribution in [0.1, 0.15) is 33.1 Å². The maximum absolute atomic E-state index is 3.93. The molecule has 0 aromatic rings. The zero-order valence-corrected chi connectivity index (χ0v) is 6.72. The lowest BCUT2D eigenvalue weighted by Gasteiger charge is -2.03. The highest BCUT2D eigenvalue weighted by Gasteiger charge is 1.95. The van der Waals surface area contributed by atoms with Crippen molar-refractivity contribution in [2.45, 2.75) is 33.1 Å². The predicted octanol–water partition coefficient (Wildman–Crippen LogP) is 2.51. The van der Waals surface area contributed by atoms with Gasteiger partial charge in [0.2, 0.25) is 0 Å². The monoisotopic (exact) mass is 127 g/mol. The smallest absolute Gasteiger partial charge is 0.0273 e. The van der Waals surface area contributed by atoms with Gasteiger partial charge in [0, 0.05) is 7.05 Å². The molecule has 1 heteroatoms. The fraction of sp³-hybridized carbons (Fsp3) is 0.875. The quantitative estimate of drug-likeness (QED) is 0.514. The molecule has 0 saturated carbocycles. The summed E-state index contributed by atoms with van der Waals surface area (Å²) >= 11 is 0. The molecule has 54 valence electrons. The highest BCUT2D eigenvalue weighted by molar-refractivity contribution is 5.57. The topological polar surface area (TPSA) is 12.4 Å². The zero-order valence-electron chi connectivity index (χ0n) is 6.72. The minimum absolute atomic E-state index is 0.818. The normalized spacial score (nSPS) is 14.6. The molecule has 0 aliphatic carbocycles. The molecule has 0 heterocycles. The van der Waals surface area contributed by atoms with Gasteiger partial charge in [0.15, 0.2) is 0 Å². The molecule has 0 bridgehead atoms. The summed E-state index contributed by atoms with van der Waals surface area (Å²) in [5.41, 5.74) is 0. The second kappa shape index (κ2) is 5.80. The van der Waals surface area contributed by atoms with Crippen molar-refractivity contribution in [3.63, 3.8) is 0 Å². The second-order valence-electron chi connectivity index (χ2n) is 2.57. The van der Waals surface area contributed by atoms with Crippen LogP contribution in [0.5, 0.6) is 0 Å². The molecule has 0 aliphatic rings. The van der Waals surface area contributed by atoms with Gasteiger partial charge < -0.3 is 4.99 Å². The van der Waals surface area contributed by atoms with E-state index in [2.05, 4.69) is 18.8 Å². The molecular formula is C8H17N. The first-order chi connectivity index (χ1) is 4.31. The van der Waals surface area contributed by atoms with Crippen molar-refractivity contribution in [1.29, 1.82) is 0 Å². The fourth-order valence-corrected chi connectivity index (χ4v) is 0.896. The van der Waals surface area contributed by atoms with Crippen LogP contribution in [-0.2, 0) is 0 Å². The van der Waals surface area contributed by atoms with E-state index in [0.29, 0.717) is 0 Å². The minimum atomic E-state index is 0.818. The maximum Gasteiger partial charge on any atom is 0.0273 e. The summed E-state index contributed by atoms with van der Waals surface area (Å²) in [4.78, 5) is 3.93. The lowest BCUT2D eigenvalue weighted by molar-refractivity contribution is 0.548. The van der Waals surface area contributed by atoms with Gasteiger partial charge in [0.05, 0.1) is 0 Å². The third-order valence-corrected chi connectivity index (χ3v) is 1.47. The van der Waals surface area contributed by atoms with Crippen molar-refractivity contribution in [1.82, 2.24) is 0 Å². The van der Waals surface area contributed by atoms with E-state index >= 15 is 0 Å². The molecule has 0 aliphatic heterocycles. The molecule has 0 saturated heterocycles. The van der Waals surface area contributed by atoms with E-state index in [-0.39, 0.29) is 0 Å². The summed E-state index contributed by atoms with van der Waals surface area (Å²) in [7, 11) is 1.83. The van der Waals surface area contributed by atoms with Gasteiger partial charge in [0.1, 0.15) is 0 Å². The number of rotatable bonds is 4. The van der Waals surface area contributed by atoms with Crippen LogP contribution in [0.15, 0.2) is 4.99 Å². The molecule has 0 aromatic carbocycles. The van der Waals surface area contributed by atoms with Crippen LogP contribution in [-0.4, -0.2) is 13.3 Å². The first-order valence-corrected chi connectivity index (χ1v) is 3.71. The summed E-state index contributed by atoms with van der Waals surface area (Å²) in [6.45, 7) is 4.49. The summed E-state index contributed by atoms with van der Waals surface area (Å²) in [6, 6.07) is 0. The molecule has 0 spiro atoms. The Morgan fingerprint density at radius 2 is 2.22 bits per heavy atom. The Bertz CT molecular complexity index is 76.6. The Hall–Kier alpha value is -0.330. The zero-order chi connectivity index (χ0) is 7.11. The van der Waals surface area contributed by atoms with E-state index in [9.17, 15) is 0 Å². The molecular weight excluding hydrogens is 110 g/mol. The van der Waals surface area contributed by atoms with Crippen LogP contribution in [0.25, 0.3) is 0 Å². The lowest BCUT2D eigenvalue weighted by Crippen LogP contribution is -1.93. The third kappa shape index (κ3) is 5.54. The van der Waals surface area contributed by atoms with E-state index < -0.39 is 0 Å². The molecule has 0 amide bonds. The van der Waals surface area contributed by atoms with Crippen LogP contribution in [0.4, 0.5) is 0 Å². The molecule has 1 unspecified atom stereocenters. The fourth-order valence-electron chi connectivity index (χ4n) is 0.896. The van der Waals surface area contributed by atoms with E-state index in [0.717, 1.165) is 12.3 Å². The summed E-state index contributed by atoms with van der Waals surface area (Å²) in [6.07, 6.45) is 5.76. The summed E-state index contributed by atoms with van der Waals surface area (Å²) in [5, 5.41) is 0. The van der Waals surface area contributed by atoms with Crippen molar-refractivity contribution in [2.75, 3.05) is 7.05 Å². The van der Waals surface area contributed by atoms with E-state index in [1.165, 1.54) is 12.8 Å². The molecule has 0 radical (unpaired) electrons. The molecule has 9 heavy (non-hydrogen) atoms. The highest BCUT2D eigenvalue weighted by Crippen LogP contribution is 2.07. The van der Waals surface area contributed by atoms with Gasteiger partial charge in [-0.2, -0.15) is 0 Å². The molecule has 0 fully saturated rings. The van der Waals surface area contributed by atoms with Gasteiger partial charge >= 0.3 is 0 Å². The average Bonchev–Trinajstić information content (AvgIpc) is 1.85. The number of nitrogens with zero attached hydrogens (tertiary/aromatic N) is 1. The van der Waals surface area contributed by atoms with Crippen LogP contribution in [0.3, 0.4) is 0 Å². The van der Waals surface area contributed by atoms with Crippen LogP contribution >= 0.6 is 0 Å². The van der Waals surface area contributed by atoms with E-state index in [1.807, 2.05) is 13.3 Å². The van der Waals surface area contributed by atoms with Gasteiger partial charge in [-0.1, -0.05) is 26.7 Å². The van der Waals surface area contributed by atoms with Crippen LogP contribution < -0.4 is 0 Å². The first-order valence-electron chi connectivity index (χ1n) is 3.71. The Balaban J connectivity index is 3.15. The first kappa shape index (κ1) is 8.67. The molecule has 1 nitrogen and oxygen atoms in total. The van der Waals surface area contributed by atoms with E-state index in [1.54, 1.807) is 0 Å². The van der Waals surface area contributed by atoms with Crippen LogP contribution in [0.2, 0.25) is 0 Å². The Kier molecular flexibility index (Phi) is 5.59. The van der Waals surface area contributed by atoms with Crippen molar-refractivity contribution >= 4 is 6.21 Å². The lowest BCUT2D eigenvalue weighted by atomic mass is 10.0. The van der Waals surface area contributed by atoms with Crippen molar-refractivity contribution in [2.24, 2.45) is 10.9 Å². The number of hydrogen-bond acceptors (Lipinski definition) is 1. The SMILES string of the molecule is CCCC(C)C/C=N/C. The van der Waals surface area contributed by atoms with Gasteiger partial charge in [-0.15, -0.1) is 0 Å². The Morgan fingerprint density at radius 1 is 1.56 bits per heavy atom. The summed E-state index contributed by atoms with van der Waals surface area (Å²) in [5.74, 6) is 0.818. The van der Waals surface area contributed by atoms with Crippen molar-refractivity contribution in [3.8, 4) is 0 Å². The maximum atomic E-state index is 3.93. The standard InChI is InChI=1S/C8H17N/c1-4-5-8(2)6-7-9-3/h7-8H,4-6H2,1-3H3/b9-7+. The second-order valence-corrected chi connectivity index (χ2v) is 2.57. The Labute approximate surface area is 58.2 Å².